The van der Waals surface area contributed by atoms with Crippen molar-refractivity contribution in [1.82, 2.24) is 10.6 Å². The molecule has 2 N–H and O–H groups in total. The molecular weight excluding hydrogens is 214 g/mol. The maximum absolute atomic E-state index is 5.85. The first kappa shape index (κ1) is 11.3. The van der Waals surface area contributed by atoms with E-state index in [1.54, 1.807) is 0 Å². The number of aliphatic imine (C=N–C) groups is 1. The average Bonchev–Trinajstić information content (AvgIpc) is 2.27. The van der Waals surface area contributed by atoms with Crippen LogP contribution in [0.3, 0.4) is 0 Å². The molecule has 0 bridgehead atoms. The van der Waals surface area contributed by atoms with E-state index < -0.39 is 0 Å². The fraction of sp³-hybridized carbons (Fsp3) is 0.923. The van der Waals surface area contributed by atoms with Gasteiger partial charge in [-0.1, -0.05) is 6.42 Å². The monoisotopic (exact) mass is 237 g/mol. The van der Waals surface area contributed by atoms with Crippen LogP contribution in [0.25, 0.3) is 0 Å². The van der Waals surface area contributed by atoms with Crippen molar-refractivity contribution in [2.75, 3.05) is 19.7 Å². The normalized spacial score (nSPS) is 34.3. The summed E-state index contributed by atoms with van der Waals surface area (Å²) in [6.07, 6.45) is 6.80. The lowest BCUT2D eigenvalue weighted by Gasteiger charge is -2.61. The summed E-state index contributed by atoms with van der Waals surface area (Å²) >= 11 is 0. The second kappa shape index (κ2) is 4.48. The smallest absolute Gasteiger partial charge is 0.191 e. The molecule has 2 unspecified atom stereocenters. The molecule has 2 fully saturated rings. The van der Waals surface area contributed by atoms with Crippen LogP contribution >= 0.6 is 0 Å². The molecule has 0 aromatic rings. The van der Waals surface area contributed by atoms with E-state index in [0.717, 1.165) is 38.5 Å². The summed E-state index contributed by atoms with van der Waals surface area (Å²) < 4.78 is 5.85. The van der Waals surface area contributed by atoms with Gasteiger partial charge in [0, 0.05) is 31.2 Å². The third-order valence-electron chi connectivity index (χ3n) is 4.65. The number of nitrogens with zero attached hydrogens (tertiary/aromatic N) is 1. The summed E-state index contributed by atoms with van der Waals surface area (Å²) in [7, 11) is 0. The summed E-state index contributed by atoms with van der Waals surface area (Å²) in [5.74, 6) is 1.02. The Morgan fingerprint density at radius 3 is 2.94 bits per heavy atom. The Labute approximate surface area is 103 Å². The number of hydrogen-bond acceptors (Lipinski definition) is 4. The summed E-state index contributed by atoms with van der Waals surface area (Å²) in [5, 5.41) is 6.94. The summed E-state index contributed by atoms with van der Waals surface area (Å²) in [4.78, 5) is 4.50. The highest BCUT2D eigenvalue weighted by Gasteiger charge is 2.59. The lowest BCUT2D eigenvalue weighted by atomic mass is 9.51. The highest BCUT2D eigenvalue weighted by Crippen LogP contribution is 2.57. The predicted octanol–water partition coefficient (Wildman–Crippen LogP) is 1.27. The molecule has 1 spiro atoms. The van der Waals surface area contributed by atoms with Gasteiger partial charge in [-0.3, -0.25) is 4.99 Å². The Balaban J connectivity index is 1.59. The van der Waals surface area contributed by atoms with Gasteiger partial charge in [-0.15, -0.1) is 0 Å². The standard InChI is InChI=1S/C13H23N3O/c1-2-17-11-9-10(13(11)5-3-6-13)16-12-14-7-4-8-15-12/h10-11H,2-9H2,1H3,(H2,14,15,16). The van der Waals surface area contributed by atoms with Crippen molar-refractivity contribution in [1.29, 1.82) is 0 Å². The Morgan fingerprint density at radius 2 is 2.35 bits per heavy atom. The van der Waals surface area contributed by atoms with E-state index in [-0.39, 0.29) is 0 Å². The molecular formula is C13H23N3O. The van der Waals surface area contributed by atoms with Gasteiger partial charge in [-0.2, -0.15) is 0 Å². The molecule has 1 aliphatic heterocycles. The van der Waals surface area contributed by atoms with Crippen molar-refractivity contribution < 1.29 is 4.74 Å². The second-order valence-electron chi connectivity index (χ2n) is 5.47. The lowest BCUT2D eigenvalue weighted by Crippen LogP contribution is -2.68. The van der Waals surface area contributed by atoms with Gasteiger partial charge in [0.25, 0.3) is 0 Å². The summed E-state index contributed by atoms with van der Waals surface area (Å²) in [6, 6.07) is 0.581. The third kappa shape index (κ3) is 1.82. The molecule has 17 heavy (non-hydrogen) atoms. The van der Waals surface area contributed by atoms with Crippen LogP contribution < -0.4 is 10.6 Å². The van der Waals surface area contributed by atoms with Gasteiger partial charge in [0.2, 0.25) is 0 Å². The first-order chi connectivity index (χ1) is 8.35. The molecule has 4 nitrogen and oxygen atoms in total. The average molecular weight is 237 g/mol. The van der Waals surface area contributed by atoms with Crippen molar-refractivity contribution in [3.63, 3.8) is 0 Å². The highest BCUT2D eigenvalue weighted by molar-refractivity contribution is 5.80. The molecule has 3 aliphatic rings. The van der Waals surface area contributed by atoms with E-state index in [1.165, 1.54) is 19.3 Å². The molecule has 0 amide bonds. The molecule has 0 radical (unpaired) electrons. The fourth-order valence-electron chi connectivity index (χ4n) is 3.44. The molecule has 0 aromatic carbocycles. The van der Waals surface area contributed by atoms with Crippen molar-refractivity contribution in [2.45, 2.75) is 51.2 Å². The zero-order valence-electron chi connectivity index (χ0n) is 10.7. The van der Waals surface area contributed by atoms with Crippen LogP contribution in [0, 0.1) is 5.41 Å². The zero-order valence-corrected chi connectivity index (χ0v) is 10.7. The van der Waals surface area contributed by atoms with E-state index in [0.29, 0.717) is 17.6 Å². The second-order valence-corrected chi connectivity index (χ2v) is 5.47. The minimum atomic E-state index is 0.428. The first-order valence-electron chi connectivity index (χ1n) is 7.01. The molecule has 4 heteroatoms. The van der Waals surface area contributed by atoms with Crippen LogP contribution in [-0.4, -0.2) is 37.8 Å². The third-order valence-corrected chi connectivity index (χ3v) is 4.65. The maximum Gasteiger partial charge on any atom is 0.191 e. The summed E-state index contributed by atoms with van der Waals surface area (Å²) in [6.45, 7) is 4.96. The van der Waals surface area contributed by atoms with Gasteiger partial charge in [0.1, 0.15) is 0 Å². The van der Waals surface area contributed by atoms with Crippen molar-refractivity contribution in [2.24, 2.45) is 10.4 Å². The van der Waals surface area contributed by atoms with Crippen LogP contribution in [0.2, 0.25) is 0 Å². The Morgan fingerprint density at radius 1 is 1.47 bits per heavy atom. The van der Waals surface area contributed by atoms with Gasteiger partial charge in [-0.25, -0.2) is 0 Å². The molecule has 0 aromatic heterocycles. The van der Waals surface area contributed by atoms with E-state index in [2.05, 4.69) is 22.5 Å². The molecule has 2 aliphatic carbocycles. The molecule has 2 saturated carbocycles. The molecule has 3 rings (SSSR count). The van der Waals surface area contributed by atoms with Crippen LogP contribution in [0.5, 0.6) is 0 Å². The van der Waals surface area contributed by atoms with Crippen LogP contribution in [0.4, 0.5) is 0 Å². The van der Waals surface area contributed by atoms with E-state index in [4.69, 9.17) is 4.74 Å². The van der Waals surface area contributed by atoms with Gasteiger partial charge in [0.15, 0.2) is 5.96 Å². The number of guanidine groups is 1. The fourth-order valence-corrected chi connectivity index (χ4v) is 3.44. The van der Waals surface area contributed by atoms with Crippen LogP contribution in [0.15, 0.2) is 4.99 Å². The number of ether oxygens (including phenoxy) is 1. The van der Waals surface area contributed by atoms with E-state index >= 15 is 0 Å². The van der Waals surface area contributed by atoms with Crippen LogP contribution in [-0.2, 0) is 4.74 Å². The lowest BCUT2D eigenvalue weighted by molar-refractivity contribution is -0.168. The van der Waals surface area contributed by atoms with Crippen LogP contribution in [0.1, 0.15) is 39.0 Å². The topological polar surface area (TPSA) is 45.6 Å². The minimum Gasteiger partial charge on any atom is -0.378 e. The molecule has 96 valence electrons. The number of rotatable bonds is 3. The molecule has 1 heterocycles. The van der Waals surface area contributed by atoms with E-state index in [1.807, 2.05) is 0 Å². The summed E-state index contributed by atoms with van der Waals surface area (Å²) in [5.41, 5.74) is 0.428. The quantitative estimate of drug-likeness (QED) is 0.777. The molecule has 2 atom stereocenters. The van der Waals surface area contributed by atoms with E-state index in [9.17, 15) is 0 Å². The Hall–Kier alpha value is -0.770. The highest BCUT2D eigenvalue weighted by atomic mass is 16.5. The number of hydrogen-bond donors (Lipinski definition) is 2. The SMILES string of the molecule is CCOC1CC(NC2=NCCCN2)C12CCC2. The minimum absolute atomic E-state index is 0.428. The van der Waals surface area contributed by atoms with Crippen molar-refractivity contribution in [3.05, 3.63) is 0 Å². The van der Waals surface area contributed by atoms with Gasteiger partial charge in [0.05, 0.1) is 6.10 Å². The number of nitrogens with one attached hydrogen (secondary N) is 2. The maximum atomic E-state index is 5.85. The van der Waals surface area contributed by atoms with Gasteiger partial charge < -0.3 is 15.4 Å². The predicted molar refractivity (Wildman–Crippen MR) is 68.2 cm³/mol. The van der Waals surface area contributed by atoms with Crippen molar-refractivity contribution in [3.8, 4) is 0 Å². The van der Waals surface area contributed by atoms with Gasteiger partial charge in [-0.05, 0) is 32.6 Å². The Kier molecular flexibility index (Phi) is 2.99. The molecule has 0 saturated heterocycles. The zero-order chi connectivity index (χ0) is 11.7. The van der Waals surface area contributed by atoms with Crippen molar-refractivity contribution >= 4 is 5.96 Å². The first-order valence-corrected chi connectivity index (χ1v) is 7.01. The Bertz CT molecular complexity index is 312. The largest absolute Gasteiger partial charge is 0.378 e. The van der Waals surface area contributed by atoms with Gasteiger partial charge >= 0.3 is 0 Å².